The lowest BCUT2D eigenvalue weighted by Crippen LogP contribution is -2.42. The minimum atomic E-state index is -0.224. The first-order chi connectivity index (χ1) is 13.5. The summed E-state index contributed by atoms with van der Waals surface area (Å²) in [6.45, 7) is 4.76. The largest absolute Gasteiger partial charge is 0.382 e. The summed E-state index contributed by atoms with van der Waals surface area (Å²) < 4.78 is 1.77. The van der Waals surface area contributed by atoms with Crippen molar-refractivity contribution in [3.8, 4) is 11.3 Å². The molecule has 4 rings (SSSR count). The summed E-state index contributed by atoms with van der Waals surface area (Å²) in [6, 6.07) is 7.31. The normalized spacial score (nSPS) is 16.1. The Balaban J connectivity index is 1.74. The van der Waals surface area contributed by atoms with Crippen LogP contribution >= 0.6 is 0 Å². The van der Waals surface area contributed by atoms with Gasteiger partial charge in [0.2, 0.25) is 0 Å². The molecule has 8 nitrogen and oxygen atoms in total. The van der Waals surface area contributed by atoms with Gasteiger partial charge >= 0.3 is 6.03 Å². The third kappa shape index (κ3) is 3.40. The zero-order chi connectivity index (χ0) is 19.7. The van der Waals surface area contributed by atoms with Gasteiger partial charge in [-0.25, -0.2) is 9.78 Å². The molecule has 0 fully saturated rings. The van der Waals surface area contributed by atoms with Crippen molar-refractivity contribution in [1.29, 1.82) is 0 Å². The van der Waals surface area contributed by atoms with E-state index in [9.17, 15) is 4.79 Å². The van der Waals surface area contributed by atoms with Crippen LogP contribution < -0.4 is 15.5 Å². The zero-order valence-corrected chi connectivity index (χ0v) is 16.2. The van der Waals surface area contributed by atoms with Crippen LogP contribution in [-0.2, 0) is 7.05 Å². The number of carbonyl (C=O) groups excluding carboxylic acids is 1. The Hall–Kier alpha value is -3.42. The fourth-order valence-corrected chi connectivity index (χ4v) is 3.44. The Kier molecular flexibility index (Phi) is 4.68. The second-order valence-corrected chi connectivity index (χ2v) is 6.98. The van der Waals surface area contributed by atoms with Crippen LogP contribution in [-0.4, -0.2) is 38.4 Å². The molecule has 0 spiro atoms. The van der Waals surface area contributed by atoms with Crippen LogP contribution in [0.4, 0.5) is 22.0 Å². The van der Waals surface area contributed by atoms with Crippen molar-refractivity contribution in [1.82, 2.24) is 19.7 Å². The second-order valence-electron chi connectivity index (χ2n) is 6.98. The number of nitrogens with zero attached hydrogens (tertiary/aromatic N) is 5. The van der Waals surface area contributed by atoms with Crippen LogP contribution in [0.25, 0.3) is 11.3 Å². The fraction of sp³-hybridized carbons (Fsp3) is 0.300. The molecule has 8 heteroatoms. The van der Waals surface area contributed by atoms with Crippen molar-refractivity contribution < 1.29 is 4.79 Å². The molecule has 0 unspecified atom stereocenters. The molecule has 144 valence electrons. The first-order valence-corrected chi connectivity index (χ1v) is 9.28. The molecule has 28 heavy (non-hydrogen) atoms. The van der Waals surface area contributed by atoms with Crippen LogP contribution in [0.1, 0.15) is 19.0 Å². The third-order valence-corrected chi connectivity index (χ3v) is 4.84. The van der Waals surface area contributed by atoms with Gasteiger partial charge in [-0.15, -0.1) is 0 Å². The van der Waals surface area contributed by atoms with E-state index in [1.165, 1.54) is 0 Å². The first kappa shape index (κ1) is 18.0. The molecular weight excluding hydrogens is 354 g/mol. The number of aromatic nitrogens is 4. The van der Waals surface area contributed by atoms with Gasteiger partial charge in [0.25, 0.3) is 0 Å². The van der Waals surface area contributed by atoms with E-state index in [1.54, 1.807) is 28.0 Å². The first-order valence-electron chi connectivity index (χ1n) is 9.28. The SMILES string of the molecule is Cc1nn(C)cc1-c1ccc2c(n1)N(C(=O)Nc1cccnc1)[C@H](C)CCN2. The van der Waals surface area contributed by atoms with Gasteiger partial charge in [-0.2, -0.15) is 5.10 Å². The van der Waals surface area contributed by atoms with E-state index < -0.39 is 0 Å². The average molecular weight is 377 g/mol. The second kappa shape index (κ2) is 7.30. The molecule has 0 saturated heterocycles. The highest BCUT2D eigenvalue weighted by Gasteiger charge is 2.29. The molecule has 1 aliphatic heterocycles. The number of rotatable bonds is 2. The molecule has 1 atom stereocenters. The zero-order valence-electron chi connectivity index (χ0n) is 16.2. The molecule has 1 aliphatic rings. The van der Waals surface area contributed by atoms with Gasteiger partial charge in [0, 0.05) is 37.6 Å². The lowest BCUT2D eigenvalue weighted by atomic mass is 10.1. The van der Waals surface area contributed by atoms with E-state index in [-0.39, 0.29) is 12.1 Å². The van der Waals surface area contributed by atoms with Crippen molar-refractivity contribution in [3.05, 3.63) is 48.5 Å². The Morgan fingerprint density at radius 3 is 2.89 bits per heavy atom. The smallest absolute Gasteiger partial charge is 0.327 e. The van der Waals surface area contributed by atoms with Crippen LogP contribution in [0, 0.1) is 6.92 Å². The summed E-state index contributed by atoms with van der Waals surface area (Å²) in [7, 11) is 1.89. The van der Waals surface area contributed by atoms with Gasteiger partial charge in [-0.3, -0.25) is 14.6 Å². The molecule has 0 bridgehead atoms. The lowest BCUT2D eigenvalue weighted by molar-refractivity contribution is 0.255. The molecule has 0 saturated carbocycles. The highest BCUT2D eigenvalue weighted by Crippen LogP contribution is 2.33. The highest BCUT2D eigenvalue weighted by molar-refractivity contribution is 6.03. The molecule has 4 heterocycles. The number of aryl methyl sites for hydroxylation is 2. The molecule has 0 radical (unpaired) electrons. The van der Waals surface area contributed by atoms with E-state index in [2.05, 4.69) is 20.7 Å². The summed E-state index contributed by atoms with van der Waals surface area (Å²) in [5.41, 5.74) is 4.14. The summed E-state index contributed by atoms with van der Waals surface area (Å²) in [4.78, 5) is 23.7. The minimum Gasteiger partial charge on any atom is -0.382 e. The van der Waals surface area contributed by atoms with Gasteiger partial charge in [0.05, 0.1) is 29.0 Å². The topological polar surface area (TPSA) is 88.0 Å². The van der Waals surface area contributed by atoms with Crippen molar-refractivity contribution in [2.75, 3.05) is 22.1 Å². The van der Waals surface area contributed by atoms with Crippen molar-refractivity contribution in [3.63, 3.8) is 0 Å². The monoisotopic (exact) mass is 377 g/mol. The summed E-state index contributed by atoms with van der Waals surface area (Å²) in [5.74, 6) is 0.618. The molecule has 0 aromatic carbocycles. The van der Waals surface area contributed by atoms with Crippen LogP contribution in [0.5, 0.6) is 0 Å². The number of carbonyl (C=O) groups is 1. The summed E-state index contributed by atoms with van der Waals surface area (Å²) in [6.07, 6.45) is 6.06. The summed E-state index contributed by atoms with van der Waals surface area (Å²) in [5, 5.41) is 10.7. The molecule has 3 aromatic rings. The Labute approximate surface area is 163 Å². The quantitative estimate of drug-likeness (QED) is 0.714. The molecule has 2 amide bonds. The van der Waals surface area contributed by atoms with Gasteiger partial charge in [0.1, 0.15) is 0 Å². The number of hydrogen-bond acceptors (Lipinski definition) is 5. The predicted octanol–water partition coefficient (Wildman–Crippen LogP) is 3.43. The number of nitrogens with one attached hydrogen (secondary N) is 2. The fourth-order valence-electron chi connectivity index (χ4n) is 3.44. The summed E-state index contributed by atoms with van der Waals surface area (Å²) >= 11 is 0. The maximum Gasteiger partial charge on any atom is 0.327 e. The number of pyridine rings is 2. The van der Waals surface area contributed by atoms with E-state index in [4.69, 9.17) is 4.98 Å². The van der Waals surface area contributed by atoms with Gasteiger partial charge < -0.3 is 10.6 Å². The number of fused-ring (bicyclic) bond motifs is 1. The van der Waals surface area contributed by atoms with E-state index in [0.29, 0.717) is 11.5 Å². The predicted molar refractivity (Wildman–Crippen MR) is 109 cm³/mol. The third-order valence-electron chi connectivity index (χ3n) is 4.84. The number of hydrogen-bond donors (Lipinski definition) is 2. The van der Waals surface area contributed by atoms with Crippen LogP contribution in [0.15, 0.2) is 42.9 Å². The van der Waals surface area contributed by atoms with Gasteiger partial charge in [-0.05, 0) is 44.5 Å². The standard InChI is InChI=1S/C20H23N7O/c1-13-8-10-22-18-7-6-17(16-12-26(3)25-14(16)2)24-19(18)27(13)20(28)23-15-5-4-9-21-11-15/h4-7,9,11-13,22H,8,10H2,1-3H3,(H,23,28)/t13-/m1/s1. The van der Waals surface area contributed by atoms with Crippen LogP contribution in [0.3, 0.4) is 0 Å². The van der Waals surface area contributed by atoms with Crippen molar-refractivity contribution in [2.24, 2.45) is 7.05 Å². The Morgan fingerprint density at radius 2 is 2.18 bits per heavy atom. The van der Waals surface area contributed by atoms with E-state index >= 15 is 0 Å². The number of urea groups is 1. The lowest BCUT2D eigenvalue weighted by Gasteiger charge is -2.27. The maximum absolute atomic E-state index is 13.1. The van der Waals surface area contributed by atoms with Gasteiger partial charge in [-0.1, -0.05) is 0 Å². The maximum atomic E-state index is 13.1. The highest BCUT2D eigenvalue weighted by atomic mass is 16.2. The molecule has 3 aromatic heterocycles. The van der Waals surface area contributed by atoms with E-state index in [1.807, 2.05) is 45.3 Å². The van der Waals surface area contributed by atoms with E-state index in [0.717, 1.165) is 35.6 Å². The number of amides is 2. The van der Waals surface area contributed by atoms with Crippen molar-refractivity contribution in [2.45, 2.75) is 26.3 Å². The Bertz CT molecular complexity index is 999. The van der Waals surface area contributed by atoms with Crippen molar-refractivity contribution >= 4 is 23.2 Å². The molecular formula is C20H23N7O. The average Bonchev–Trinajstić information content (AvgIpc) is 2.92. The van der Waals surface area contributed by atoms with Crippen LogP contribution in [0.2, 0.25) is 0 Å². The molecule has 0 aliphatic carbocycles. The minimum absolute atomic E-state index is 0.0110. The Morgan fingerprint density at radius 1 is 1.32 bits per heavy atom. The molecule has 2 N–H and O–H groups in total. The number of anilines is 3. The van der Waals surface area contributed by atoms with Gasteiger partial charge in [0.15, 0.2) is 5.82 Å².